The summed E-state index contributed by atoms with van der Waals surface area (Å²) in [6, 6.07) is 5.35. The molecular weight excluding hydrogens is 289 g/mol. The van der Waals surface area contributed by atoms with Crippen LogP contribution in [0.15, 0.2) is 30.5 Å². The normalized spacial score (nSPS) is 10.1. The van der Waals surface area contributed by atoms with E-state index in [9.17, 15) is 19.3 Å². The van der Waals surface area contributed by atoms with Crippen molar-refractivity contribution in [2.24, 2.45) is 0 Å². The highest BCUT2D eigenvalue weighted by atomic mass is 32.1. The van der Waals surface area contributed by atoms with Gasteiger partial charge in [-0.1, -0.05) is 6.07 Å². The van der Waals surface area contributed by atoms with Crippen LogP contribution in [-0.4, -0.2) is 22.4 Å². The molecule has 0 aliphatic carbocycles. The number of anilines is 1. The average Bonchev–Trinajstić information content (AvgIpc) is 2.85. The molecule has 0 spiro atoms. The van der Waals surface area contributed by atoms with E-state index in [2.05, 4.69) is 10.3 Å². The number of amides is 1. The molecule has 104 valence electrons. The molecule has 0 bridgehead atoms. The minimum atomic E-state index is -0.601. The summed E-state index contributed by atoms with van der Waals surface area (Å²) in [7, 11) is 0. The summed E-state index contributed by atoms with van der Waals surface area (Å²) in [4.78, 5) is 25.0. The Morgan fingerprint density at radius 1 is 1.55 bits per heavy atom. The van der Waals surface area contributed by atoms with Gasteiger partial charge in [-0.05, 0) is 23.5 Å². The van der Waals surface area contributed by atoms with E-state index in [1.165, 1.54) is 18.2 Å². The highest BCUT2D eigenvalue weighted by Gasteiger charge is 2.13. The zero-order valence-electron chi connectivity index (χ0n) is 9.91. The van der Waals surface area contributed by atoms with Crippen LogP contribution in [-0.2, 0) is 4.79 Å². The van der Waals surface area contributed by atoms with E-state index in [4.69, 9.17) is 4.74 Å². The second-order valence-corrected chi connectivity index (χ2v) is 4.56. The summed E-state index contributed by atoms with van der Waals surface area (Å²) in [5, 5.41) is 12.7. The molecule has 1 N–H and O–H groups in total. The molecule has 0 atom stereocenters. The van der Waals surface area contributed by atoms with Crippen LogP contribution in [0.4, 0.5) is 14.5 Å². The first-order valence-corrected chi connectivity index (χ1v) is 6.14. The molecular formula is C11H8FN3O4S. The maximum Gasteiger partial charge on any atom is 0.345 e. The predicted octanol–water partition coefficient (Wildman–Crippen LogP) is 2.21. The van der Waals surface area contributed by atoms with Crippen LogP contribution in [0.5, 0.6) is 5.75 Å². The van der Waals surface area contributed by atoms with E-state index in [1.54, 1.807) is 0 Å². The van der Waals surface area contributed by atoms with Crippen LogP contribution >= 0.6 is 11.3 Å². The van der Waals surface area contributed by atoms with Gasteiger partial charge in [-0.25, -0.2) is 9.37 Å². The first-order chi connectivity index (χ1) is 9.54. The molecule has 0 aliphatic rings. The third-order valence-corrected chi connectivity index (χ3v) is 2.95. The number of hydrogen-bond donors (Lipinski definition) is 1. The Kier molecular flexibility index (Phi) is 4.20. The SMILES string of the molecule is O=C(COc1cccc(F)c1)Nc1ncc([N+](=O)[O-])s1. The number of hydrogen-bond acceptors (Lipinski definition) is 6. The lowest BCUT2D eigenvalue weighted by atomic mass is 10.3. The number of nitrogens with zero attached hydrogens (tertiary/aromatic N) is 2. The van der Waals surface area contributed by atoms with Crippen molar-refractivity contribution in [1.82, 2.24) is 4.98 Å². The number of halogens is 1. The first-order valence-electron chi connectivity index (χ1n) is 5.33. The van der Waals surface area contributed by atoms with Gasteiger partial charge >= 0.3 is 5.00 Å². The predicted molar refractivity (Wildman–Crippen MR) is 69.3 cm³/mol. The Bertz CT molecular complexity index is 646. The van der Waals surface area contributed by atoms with Crippen LogP contribution in [0, 0.1) is 15.9 Å². The maximum atomic E-state index is 12.9. The van der Waals surface area contributed by atoms with E-state index in [1.807, 2.05) is 0 Å². The van der Waals surface area contributed by atoms with Gasteiger partial charge in [-0.3, -0.25) is 20.2 Å². The van der Waals surface area contributed by atoms with Gasteiger partial charge in [0.15, 0.2) is 11.7 Å². The Morgan fingerprint density at radius 3 is 3.00 bits per heavy atom. The number of ether oxygens (including phenoxy) is 1. The van der Waals surface area contributed by atoms with Crippen molar-refractivity contribution < 1.29 is 18.8 Å². The third-order valence-electron chi connectivity index (χ3n) is 2.09. The van der Waals surface area contributed by atoms with E-state index in [0.717, 1.165) is 23.6 Å². The second kappa shape index (κ2) is 6.06. The number of thiazole rings is 1. The Morgan fingerprint density at radius 2 is 2.35 bits per heavy atom. The Balaban J connectivity index is 1.87. The number of rotatable bonds is 5. The highest BCUT2D eigenvalue weighted by molar-refractivity contribution is 7.18. The highest BCUT2D eigenvalue weighted by Crippen LogP contribution is 2.24. The molecule has 0 saturated carbocycles. The molecule has 1 heterocycles. The summed E-state index contributed by atoms with van der Waals surface area (Å²) < 4.78 is 17.9. The van der Waals surface area contributed by atoms with Crippen molar-refractivity contribution in [3.05, 3.63) is 46.4 Å². The van der Waals surface area contributed by atoms with Crippen LogP contribution in [0.25, 0.3) is 0 Å². The van der Waals surface area contributed by atoms with Gasteiger partial charge in [0.05, 0.1) is 4.92 Å². The number of benzene rings is 1. The van der Waals surface area contributed by atoms with E-state index in [-0.39, 0.29) is 22.5 Å². The van der Waals surface area contributed by atoms with E-state index < -0.39 is 16.6 Å². The lowest BCUT2D eigenvalue weighted by Gasteiger charge is -2.05. The molecule has 0 aliphatic heterocycles. The maximum absolute atomic E-state index is 12.9. The number of aromatic nitrogens is 1. The Hall–Kier alpha value is -2.55. The van der Waals surface area contributed by atoms with Crippen molar-refractivity contribution in [3.63, 3.8) is 0 Å². The standard InChI is InChI=1S/C11H8FN3O4S/c12-7-2-1-3-8(4-7)19-6-9(16)14-11-13-5-10(20-11)15(17)18/h1-5H,6H2,(H,13,14,16). The summed E-state index contributed by atoms with van der Waals surface area (Å²) >= 11 is 0.736. The molecule has 7 nitrogen and oxygen atoms in total. The fraction of sp³-hybridized carbons (Fsp3) is 0.0909. The van der Waals surface area contributed by atoms with Crippen LogP contribution in [0.1, 0.15) is 0 Å². The molecule has 0 radical (unpaired) electrons. The third kappa shape index (κ3) is 3.72. The van der Waals surface area contributed by atoms with E-state index in [0.29, 0.717) is 0 Å². The molecule has 20 heavy (non-hydrogen) atoms. The van der Waals surface area contributed by atoms with Crippen LogP contribution in [0.3, 0.4) is 0 Å². The van der Waals surface area contributed by atoms with Crippen LogP contribution in [0.2, 0.25) is 0 Å². The van der Waals surface area contributed by atoms with Gasteiger partial charge in [-0.15, -0.1) is 0 Å². The fourth-order valence-corrected chi connectivity index (χ4v) is 1.92. The first kappa shape index (κ1) is 13.9. The zero-order valence-corrected chi connectivity index (χ0v) is 10.7. The molecule has 1 amide bonds. The summed E-state index contributed by atoms with van der Waals surface area (Å²) in [5.41, 5.74) is 0. The topological polar surface area (TPSA) is 94.4 Å². The number of nitrogens with one attached hydrogen (secondary N) is 1. The van der Waals surface area contributed by atoms with Crippen LogP contribution < -0.4 is 10.1 Å². The molecule has 0 saturated heterocycles. The van der Waals surface area contributed by atoms with Crippen molar-refractivity contribution >= 4 is 27.4 Å². The van der Waals surface area contributed by atoms with Gasteiger partial charge in [0.25, 0.3) is 5.91 Å². The minimum Gasteiger partial charge on any atom is -0.484 e. The Labute approximate surface area is 116 Å². The van der Waals surface area contributed by atoms with Crippen molar-refractivity contribution in [2.75, 3.05) is 11.9 Å². The summed E-state index contributed by atoms with van der Waals surface area (Å²) in [5.74, 6) is -0.803. The quantitative estimate of drug-likeness (QED) is 0.674. The molecule has 2 rings (SSSR count). The van der Waals surface area contributed by atoms with Gasteiger partial charge in [-0.2, -0.15) is 0 Å². The monoisotopic (exact) mass is 297 g/mol. The number of nitro groups is 1. The molecule has 0 fully saturated rings. The molecule has 1 aromatic carbocycles. The van der Waals surface area contributed by atoms with Crippen molar-refractivity contribution in [2.45, 2.75) is 0 Å². The van der Waals surface area contributed by atoms with E-state index >= 15 is 0 Å². The summed E-state index contributed by atoms with van der Waals surface area (Å²) in [6.45, 7) is -0.350. The van der Waals surface area contributed by atoms with Crippen molar-refractivity contribution in [1.29, 1.82) is 0 Å². The van der Waals surface area contributed by atoms with Gasteiger partial charge < -0.3 is 4.74 Å². The zero-order chi connectivity index (χ0) is 14.5. The minimum absolute atomic E-state index is 0.101. The van der Waals surface area contributed by atoms with Gasteiger partial charge in [0, 0.05) is 6.07 Å². The van der Waals surface area contributed by atoms with Gasteiger partial charge in [0.2, 0.25) is 0 Å². The largest absolute Gasteiger partial charge is 0.484 e. The average molecular weight is 297 g/mol. The molecule has 1 aromatic heterocycles. The van der Waals surface area contributed by atoms with Crippen molar-refractivity contribution in [3.8, 4) is 5.75 Å². The smallest absolute Gasteiger partial charge is 0.345 e. The lowest BCUT2D eigenvalue weighted by Crippen LogP contribution is -2.20. The lowest BCUT2D eigenvalue weighted by molar-refractivity contribution is -0.380. The fourth-order valence-electron chi connectivity index (χ4n) is 1.27. The second-order valence-electron chi connectivity index (χ2n) is 3.55. The number of carbonyl (C=O) groups is 1. The van der Waals surface area contributed by atoms with Gasteiger partial charge in [0.1, 0.15) is 17.8 Å². The number of carbonyl (C=O) groups excluding carboxylic acids is 1. The molecule has 9 heteroatoms. The summed E-state index contributed by atoms with van der Waals surface area (Å²) in [6.07, 6.45) is 1.05. The molecule has 2 aromatic rings. The molecule has 0 unspecified atom stereocenters.